The van der Waals surface area contributed by atoms with Crippen molar-refractivity contribution < 1.29 is 14.1 Å². The van der Waals surface area contributed by atoms with Crippen molar-refractivity contribution in [2.45, 2.75) is 0 Å². The molecule has 1 aromatic carbocycles. The third-order valence-corrected chi connectivity index (χ3v) is 2.24. The van der Waals surface area contributed by atoms with Crippen LogP contribution in [0.4, 0.5) is 10.1 Å². The first-order valence-corrected chi connectivity index (χ1v) is 5.18. The van der Waals surface area contributed by atoms with Gasteiger partial charge in [-0.3, -0.25) is 10.1 Å². The van der Waals surface area contributed by atoms with Gasteiger partial charge in [-0.2, -0.15) is 4.39 Å². The quantitative estimate of drug-likeness (QED) is 0.485. The molecule has 0 aliphatic carbocycles. The second-order valence-corrected chi connectivity index (χ2v) is 3.66. The largest absolute Gasteiger partial charge is 0.439 e. The summed E-state index contributed by atoms with van der Waals surface area (Å²) in [6.07, 6.45) is 0. The number of nitro groups is 1. The van der Waals surface area contributed by atoms with Gasteiger partial charge in [0.15, 0.2) is 0 Å². The Bertz CT molecular complexity index is 607. The summed E-state index contributed by atoms with van der Waals surface area (Å²) in [7, 11) is 0. The molecule has 0 atom stereocenters. The Morgan fingerprint density at radius 1 is 1.33 bits per heavy atom. The number of hydrogen-bond donors (Lipinski definition) is 0. The molecule has 2 aromatic rings. The highest BCUT2D eigenvalue weighted by Gasteiger charge is 2.14. The normalized spacial score (nSPS) is 10.1. The summed E-state index contributed by atoms with van der Waals surface area (Å²) in [6, 6.07) is 7.93. The maximum Gasteiger partial charge on any atom is 0.305 e. The molecule has 0 bridgehead atoms. The van der Waals surface area contributed by atoms with Crippen molar-refractivity contribution in [1.29, 1.82) is 0 Å². The lowest BCUT2D eigenvalue weighted by Crippen LogP contribution is -1.94. The number of halogens is 2. The molecule has 1 heterocycles. The number of pyridine rings is 1. The van der Waals surface area contributed by atoms with Crippen LogP contribution in [0.3, 0.4) is 0 Å². The third-order valence-electron chi connectivity index (χ3n) is 2.03. The van der Waals surface area contributed by atoms with E-state index in [4.69, 9.17) is 16.3 Å². The van der Waals surface area contributed by atoms with E-state index in [9.17, 15) is 14.5 Å². The molecule has 0 amide bonds. The first-order valence-electron chi connectivity index (χ1n) is 4.80. The first-order chi connectivity index (χ1) is 8.56. The fourth-order valence-corrected chi connectivity index (χ4v) is 1.42. The molecule has 0 fully saturated rings. The molecule has 0 saturated carbocycles. The molecular weight excluding hydrogens is 263 g/mol. The van der Waals surface area contributed by atoms with Crippen molar-refractivity contribution in [2.24, 2.45) is 0 Å². The summed E-state index contributed by atoms with van der Waals surface area (Å²) in [4.78, 5) is 13.5. The van der Waals surface area contributed by atoms with Crippen LogP contribution in [0.2, 0.25) is 5.15 Å². The third kappa shape index (κ3) is 2.72. The van der Waals surface area contributed by atoms with Gasteiger partial charge in [-0.25, -0.2) is 4.98 Å². The van der Waals surface area contributed by atoms with Gasteiger partial charge in [0.1, 0.15) is 10.9 Å². The standard InChI is InChI=1S/C11H6ClFN2O3/c12-10-2-1-3-11(14-10)18-7-4-5-9(15(16)17)8(13)6-7/h1-6H. The zero-order valence-electron chi connectivity index (χ0n) is 8.84. The number of nitro benzene ring substituents is 1. The van der Waals surface area contributed by atoms with Gasteiger partial charge in [-0.05, 0) is 12.1 Å². The number of nitrogens with zero attached hydrogens (tertiary/aromatic N) is 2. The Labute approximate surface area is 106 Å². The van der Waals surface area contributed by atoms with Gasteiger partial charge < -0.3 is 4.74 Å². The van der Waals surface area contributed by atoms with E-state index in [1.165, 1.54) is 12.1 Å². The minimum Gasteiger partial charge on any atom is -0.439 e. The van der Waals surface area contributed by atoms with Crippen LogP contribution in [0.1, 0.15) is 0 Å². The van der Waals surface area contributed by atoms with Crippen molar-refractivity contribution in [3.05, 3.63) is 57.5 Å². The zero-order chi connectivity index (χ0) is 13.1. The number of aromatic nitrogens is 1. The summed E-state index contributed by atoms with van der Waals surface area (Å²) in [5.74, 6) is -0.692. The van der Waals surface area contributed by atoms with Crippen LogP contribution in [0.15, 0.2) is 36.4 Å². The van der Waals surface area contributed by atoms with Gasteiger partial charge in [-0.1, -0.05) is 17.7 Å². The van der Waals surface area contributed by atoms with Crippen LogP contribution in [0, 0.1) is 15.9 Å². The van der Waals surface area contributed by atoms with Crippen LogP contribution in [0.5, 0.6) is 11.6 Å². The molecule has 0 spiro atoms. The molecule has 7 heteroatoms. The lowest BCUT2D eigenvalue weighted by atomic mass is 10.3. The highest BCUT2D eigenvalue weighted by atomic mass is 35.5. The predicted octanol–water partition coefficient (Wildman–Crippen LogP) is 3.57. The van der Waals surface area contributed by atoms with Gasteiger partial charge in [0, 0.05) is 18.2 Å². The van der Waals surface area contributed by atoms with E-state index in [-0.39, 0.29) is 16.8 Å². The molecule has 92 valence electrons. The summed E-state index contributed by atoms with van der Waals surface area (Å²) in [6.45, 7) is 0. The van der Waals surface area contributed by atoms with Gasteiger partial charge >= 0.3 is 5.69 Å². The van der Waals surface area contributed by atoms with E-state index in [1.54, 1.807) is 12.1 Å². The highest BCUT2D eigenvalue weighted by Crippen LogP contribution is 2.26. The Morgan fingerprint density at radius 3 is 2.72 bits per heavy atom. The van der Waals surface area contributed by atoms with Crippen LogP contribution in [0.25, 0.3) is 0 Å². The minimum absolute atomic E-state index is 0.105. The molecule has 0 aliphatic rings. The lowest BCUT2D eigenvalue weighted by molar-refractivity contribution is -0.387. The van der Waals surface area contributed by atoms with Crippen LogP contribution < -0.4 is 4.74 Å². The van der Waals surface area contributed by atoms with Gasteiger partial charge in [0.25, 0.3) is 0 Å². The van der Waals surface area contributed by atoms with Crippen molar-refractivity contribution >= 4 is 17.3 Å². The lowest BCUT2D eigenvalue weighted by Gasteiger charge is -2.04. The maximum atomic E-state index is 13.3. The number of ether oxygens (including phenoxy) is 1. The Kier molecular flexibility index (Phi) is 3.38. The second kappa shape index (κ2) is 4.97. The molecule has 0 unspecified atom stereocenters. The van der Waals surface area contributed by atoms with E-state index in [0.717, 1.165) is 12.1 Å². The number of hydrogen-bond acceptors (Lipinski definition) is 4. The van der Waals surface area contributed by atoms with Crippen molar-refractivity contribution in [1.82, 2.24) is 4.98 Å². The van der Waals surface area contributed by atoms with E-state index in [0.29, 0.717) is 0 Å². The van der Waals surface area contributed by atoms with Crippen molar-refractivity contribution in [3.8, 4) is 11.6 Å². The smallest absolute Gasteiger partial charge is 0.305 e. The highest BCUT2D eigenvalue weighted by molar-refractivity contribution is 6.29. The second-order valence-electron chi connectivity index (χ2n) is 3.27. The SMILES string of the molecule is O=[N+]([O-])c1ccc(Oc2cccc(Cl)n2)cc1F. The molecule has 5 nitrogen and oxygen atoms in total. The molecule has 18 heavy (non-hydrogen) atoms. The molecule has 0 aliphatic heterocycles. The number of rotatable bonds is 3. The Balaban J connectivity index is 2.25. The molecule has 0 N–H and O–H groups in total. The zero-order valence-corrected chi connectivity index (χ0v) is 9.60. The average molecular weight is 269 g/mol. The Morgan fingerprint density at radius 2 is 2.11 bits per heavy atom. The predicted molar refractivity (Wildman–Crippen MR) is 62.4 cm³/mol. The topological polar surface area (TPSA) is 65.3 Å². The van der Waals surface area contributed by atoms with Gasteiger partial charge in [0.2, 0.25) is 11.7 Å². The molecule has 0 saturated heterocycles. The van der Waals surface area contributed by atoms with Crippen LogP contribution in [-0.4, -0.2) is 9.91 Å². The summed E-state index contributed by atoms with van der Waals surface area (Å²) in [5.41, 5.74) is -0.610. The monoisotopic (exact) mass is 268 g/mol. The Hall–Kier alpha value is -2.21. The molecule has 0 radical (unpaired) electrons. The first kappa shape index (κ1) is 12.3. The molecule has 2 rings (SSSR count). The summed E-state index contributed by atoms with van der Waals surface area (Å²) in [5, 5.41) is 10.7. The van der Waals surface area contributed by atoms with Crippen LogP contribution in [-0.2, 0) is 0 Å². The van der Waals surface area contributed by atoms with Gasteiger partial charge in [-0.15, -0.1) is 0 Å². The van der Waals surface area contributed by atoms with Crippen LogP contribution >= 0.6 is 11.6 Å². The fraction of sp³-hybridized carbons (Fsp3) is 0. The van der Waals surface area contributed by atoms with E-state index < -0.39 is 16.4 Å². The fourth-order valence-electron chi connectivity index (χ4n) is 1.27. The number of benzene rings is 1. The van der Waals surface area contributed by atoms with Crippen molar-refractivity contribution in [3.63, 3.8) is 0 Å². The summed E-state index contributed by atoms with van der Waals surface area (Å²) < 4.78 is 18.5. The van der Waals surface area contributed by atoms with E-state index in [2.05, 4.69) is 4.98 Å². The summed E-state index contributed by atoms with van der Waals surface area (Å²) >= 11 is 5.65. The maximum absolute atomic E-state index is 13.3. The molecule has 1 aromatic heterocycles. The van der Waals surface area contributed by atoms with Gasteiger partial charge in [0.05, 0.1) is 4.92 Å². The molecular formula is C11H6ClFN2O3. The van der Waals surface area contributed by atoms with E-state index in [1.807, 2.05) is 0 Å². The van der Waals surface area contributed by atoms with Crippen molar-refractivity contribution in [2.75, 3.05) is 0 Å². The average Bonchev–Trinajstić information content (AvgIpc) is 2.28. The van der Waals surface area contributed by atoms with E-state index >= 15 is 0 Å². The minimum atomic E-state index is -0.973.